The predicted molar refractivity (Wildman–Crippen MR) is 102 cm³/mol. The van der Waals surface area contributed by atoms with Crippen LogP contribution < -0.4 is 0 Å². The molecule has 0 amide bonds. The highest BCUT2D eigenvalue weighted by Crippen LogP contribution is 2.65. The van der Waals surface area contributed by atoms with Gasteiger partial charge in [0.25, 0.3) is 0 Å². The molecule has 0 radical (unpaired) electrons. The molecule has 0 aliphatic carbocycles. The lowest BCUT2D eigenvalue weighted by molar-refractivity contribution is -0.458. The van der Waals surface area contributed by atoms with Gasteiger partial charge in [-0.3, -0.25) is 9.59 Å². The third kappa shape index (κ3) is 5.59. The first kappa shape index (κ1) is 37.4. The highest BCUT2D eigenvalue weighted by molar-refractivity contribution is 8.33. The molecule has 0 aromatic carbocycles. The predicted octanol–water partition coefficient (Wildman–Crippen LogP) is 6.36. The van der Waals surface area contributed by atoms with Gasteiger partial charge in [0.1, 0.15) is 11.6 Å². The smallest absolute Gasteiger partial charge is 0.300 e. The van der Waals surface area contributed by atoms with Crippen molar-refractivity contribution in [2.24, 2.45) is 0 Å². The Balaban J connectivity index is 3.71. The summed E-state index contributed by atoms with van der Waals surface area (Å²) in [4.78, 5) is 23.2. The Morgan fingerprint density at radius 1 is 0.683 bits per heavy atom. The summed E-state index contributed by atoms with van der Waals surface area (Å²) in [6, 6.07) is 0. The van der Waals surface area contributed by atoms with Crippen molar-refractivity contribution in [2.45, 2.75) is 73.2 Å². The Morgan fingerprint density at radius 2 is 1.02 bits per heavy atom. The first-order valence-corrected chi connectivity index (χ1v) is 13.7. The Morgan fingerprint density at radius 3 is 1.37 bits per heavy atom. The fraction of sp³-hybridized carbons (Fsp3) is 0.882. The molecule has 0 saturated carbocycles. The molecule has 0 aromatic rings. The molecule has 0 bridgehead atoms. The zero-order chi connectivity index (χ0) is 33.1. The molecule has 0 aromatic heterocycles. The number of carbonyl (C=O) groups is 2. The molecular weight excluding hydrogens is 671 g/mol. The molecule has 0 unspecified atom stereocenters. The van der Waals surface area contributed by atoms with E-state index >= 15 is 0 Å². The molecular formula is C17H15F17O5S2. The number of carbonyl (C=O) groups excluding carboxylic acids is 2. The lowest BCUT2D eigenvalue weighted by Crippen LogP contribution is -2.75. The van der Waals surface area contributed by atoms with Gasteiger partial charge in [-0.15, -0.1) is 10.3 Å². The maximum atomic E-state index is 14.4. The van der Waals surface area contributed by atoms with Crippen molar-refractivity contribution in [3.63, 3.8) is 0 Å². The first-order valence-electron chi connectivity index (χ1n) is 10.2. The molecule has 1 aliphatic rings. The molecule has 1 rings (SSSR count). The molecule has 24 heteroatoms. The van der Waals surface area contributed by atoms with Crippen LogP contribution in [-0.2, 0) is 23.3 Å². The van der Waals surface area contributed by atoms with E-state index in [1.54, 1.807) is 0 Å². The quantitative estimate of drug-likeness (QED) is 0.224. The van der Waals surface area contributed by atoms with E-state index in [1.165, 1.54) is 0 Å². The van der Waals surface area contributed by atoms with E-state index in [9.17, 15) is 92.6 Å². The number of ketones is 2. The van der Waals surface area contributed by atoms with Gasteiger partial charge in [0.2, 0.25) is 0 Å². The summed E-state index contributed by atoms with van der Waals surface area (Å²) in [6.45, 7) is 1.08. The Hall–Kier alpha value is -1.59. The number of halogens is 17. The van der Waals surface area contributed by atoms with E-state index in [0.29, 0.717) is 0 Å². The highest BCUT2D eigenvalue weighted by atomic mass is 32.3. The van der Waals surface area contributed by atoms with Crippen molar-refractivity contribution < 1.29 is 96.3 Å². The summed E-state index contributed by atoms with van der Waals surface area (Å²) in [5, 5.41) is -7.83. The fourth-order valence-corrected chi connectivity index (χ4v) is 8.52. The number of rotatable bonds is 12. The first-order chi connectivity index (χ1) is 17.8. The number of hydrogen-bond acceptors (Lipinski definition) is 5. The van der Waals surface area contributed by atoms with Crippen molar-refractivity contribution in [1.29, 1.82) is 0 Å². The summed E-state index contributed by atoms with van der Waals surface area (Å²) >= 11 is 0. The van der Waals surface area contributed by atoms with Crippen LogP contribution in [-0.4, -0.2) is 84.2 Å². The van der Waals surface area contributed by atoms with E-state index in [1.807, 2.05) is 0 Å². The van der Waals surface area contributed by atoms with Gasteiger partial charge in [-0.05, 0) is 0 Å². The molecule has 0 N–H and O–H groups in total. The minimum atomic E-state index is -8.96. The second kappa shape index (κ2) is 10.5. The van der Waals surface area contributed by atoms with Crippen LogP contribution in [0.3, 0.4) is 0 Å². The summed E-state index contributed by atoms with van der Waals surface area (Å²) in [5.41, 5.74) is 0. The van der Waals surface area contributed by atoms with Crippen molar-refractivity contribution in [3.8, 4) is 0 Å². The standard InChI is InChI=1S/C17H15F17O5S2/c1-2-8(35)7-40(5-3-9(36)4-6-40)39-41(37,38)17(33,34)15(28,29)13(24,25)11(20,21)10(18,19)12(22,23)14(26,27)16(30,31)32/h2-7H2,1H3. The molecule has 1 fully saturated rings. The van der Waals surface area contributed by atoms with Crippen LogP contribution in [0.2, 0.25) is 0 Å². The highest BCUT2D eigenvalue weighted by Gasteiger charge is 2.96. The van der Waals surface area contributed by atoms with Gasteiger partial charge in [0, 0.05) is 30.8 Å². The van der Waals surface area contributed by atoms with Crippen LogP contribution in [0.1, 0.15) is 26.2 Å². The maximum Gasteiger partial charge on any atom is 0.460 e. The molecule has 0 atom stereocenters. The summed E-state index contributed by atoms with van der Waals surface area (Å²) < 4.78 is 256. The monoisotopic (exact) mass is 686 g/mol. The van der Waals surface area contributed by atoms with Crippen molar-refractivity contribution in [2.75, 3.05) is 17.3 Å². The molecule has 1 heterocycles. The number of alkyl halides is 17. The van der Waals surface area contributed by atoms with E-state index in [2.05, 4.69) is 3.63 Å². The summed E-state index contributed by atoms with van der Waals surface area (Å²) in [7, 11) is -11.8. The van der Waals surface area contributed by atoms with E-state index < -0.39 is 115 Å². The zero-order valence-electron chi connectivity index (χ0n) is 19.5. The topological polar surface area (TPSA) is 77.5 Å². The molecule has 0 spiro atoms. The average molecular weight is 686 g/mol. The van der Waals surface area contributed by atoms with Crippen LogP contribution in [0.15, 0.2) is 0 Å². The molecule has 1 saturated heterocycles. The molecule has 244 valence electrons. The second-order valence-corrected chi connectivity index (χ2v) is 13.4. The van der Waals surface area contributed by atoms with Gasteiger partial charge in [-0.2, -0.15) is 83.1 Å². The van der Waals surface area contributed by atoms with E-state index in [0.717, 1.165) is 6.92 Å². The van der Waals surface area contributed by atoms with Crippen LogP contribution in [0.5, 0.6) is 0 Å². The van der Waals surface area contributed by atoms with Gasteiger partial charge in [-0.1, -0.05) is 6.92 Å². The largest absolute Gasteiger partial charge is 0.460 e. The van der Waals surface area contributed by atoms with Crippen LogP contribution in [0, 0.1) is 0 Å². The third-order valence-corrected chi connectivity index (χ3v) is 11.1. The van der Waals surface area contributed by atoms with Crippen LogP contribution >= 0.6 is 10.3 Å². The van der Waals surface area contributed by atoms with Gasteiger partial charge in [0.15, 0.2) is 0 Å². The molecule has 5 nitrogen and oxygen atoms in total. The van der Waals surface area contributed by atoms with E-state index in [-0.39, 0.29) is 0 Å². The van der Waals surface area contributed by atoms with Gasteiger partial charge in [0.05, 0.1) is 5.75 Å². The third-order valence-electron chi connectivity index (χ3n) is 5.57. The Kier molecular flexibility index (Phi) is 9.62. The summed E-state index contributed by atoms with van der Waals surface area (Å²) in [6.07, 6.45) is -9.99. The second-order valence-electron chi connectivity index (χ2n) is 8.43. The minimum Gasteiger partial charge on any atom is -0.300 e. The minimum absolute atomic E-state index is 0.519. The van der Waals surface area contributed by atoms with Crippen LogP contribution in [0.4, 0.5) is 74.6 Å². The fourth-order valence-electron chi connectivity index (χ4n) is 3.00. The van der Waals surface area contributed by atoms with E-state index in [4.69, 9.17) is 0 Å². The Bertz CT molecular complexity index is 1120. The Labute approximate surface area is 219 Å². The maximum absolute atomic E-state index is 14.4. The normalized spacial score (nSPS) is 19.7. The zero-order valence-corrected chi connectivity index (χ0v) is 21.2. The average Bonchev–Trinajstić information content (AvgIpc) is 2.79. The number of Topliss-reactive ketones (excluding diaryl/α,β-unsaturated/α-hetero) is 2. The summed E-state index contributed by atoms with van der Waals surface area (Å²) in [5.74, 6) is -57.3. The van der Waals surface area contributed by atoms with Gasteiger partial charge < -0.3 is 0 Å². The van der Waals surface area contributed by atoms with Gasteiger partial charge in [-0.25, -0.2) is 3.63 Å². The van der Waals surface area contributed by atoms with Crippen molar-refractivity contribution in [1.82, 2.24) is 0 Å². The lowest BCUT2D eigenvalue weighted by Gasteiger charge is -2.44. The van der Waals surface area contributed by atoms with Gasteiger partial charge >= 0.3 is 57.1 Å². The molecule has 41 heavy (non-hydrogen) atoms. The molecule has 1 aliphatic heterocycles. The lowest BCUT2D eigenvalue weighted by atomic mass is 9.91. The van der Waals surface area contributed by atoms with Crippen molar-refractivity contribution >= 4 is 32.0 Å². The van der Waals surface area contributed by atoms with Crippen molar-refractivity contribution in [3.05, 3.63) is 0 Å². The number of hydrogen-bond donors (Lipinski definition) is 0. The SMILES string of the molecule is CCC(=O)CS1(OS(=O)(=O)C(F)(F)C(F)(F)C(F)(F)C(F)(F)C(F)(F)C(F)(F)C(F)(F)C(F)(F)F)CCC(=O)CC1. The van der Waals surface area contributed by atoms with Crippen LogP contribution in [0.25, 0.3) is 0 Å².